The summed E-state index contributed by atoms with van der Waals surface area (Å²) >= 11 is 0. The van der Waals surface area contributed by atoms with E-state index in [-0.39, 0.29) is 5.41 Å². The minimum absolute atomic E-state index is 0.0868. The van der Waals surface area contributed by atoms with E-state index in [9.17, 15) is 4.79 Å². The molecule has 148 valence electrons. The van der Waals surface area contributed by atoms with Crippen LogP contribution in [0.3, 0.4) is 0 Å². The van der Waals surface area contributed by atoms with Crippen molar-refractivity contribution in [2.24, 2.45) is 5.41 Å². The van der Waals surface area contributed by atoms with Crippen LogP contribution >= 0.6 is 9.24 Å². The van der Waals surface area contributed by atoms with Gasteiger partial charge in [-0.25, -0.2) is 0 Å². The maximum Gasteiger partial charge on any atom is 0.229 e. The molecule has 2 aromatic carbocycles. The summed E-state index contributed by atoms with van der Waals surface area (Å²) < 4.78 is 0. The number of hydrogen-bond acceptors (Lipinski definition) is 2. The number of rotatable bonds is 6. The lowest BCUT2D eigenvalue weighted by molar-refractivity contribution is -0.138. The van der Waals surface area contributed by atoms with Crippen LogP contribution in [-0.2, 0) is 17.8 Å². The van der Waals surface area contributed by atoms with Gasteiger partial charge in [0.15, 0.2) is 0 Å². The van der Waals surface area contributed by atoms with Crippen molar-refractivity contribution in [2.75, 3.05) is 26.2 Å². The van der Waals surface area contributed by atoms with E-state index in [2.05, 4.69) is 73.6 Å². The van der Waals surface area contributed by atoms with Gasteiger partial charge in [-0.3, -0.25) is 4.79 Å². The number of benzene rings is 2. The molecule has 0 saturated carbocycles. The molecule has 2 aliphatic rings. The van der Waals surface area contributed by atoms with Gasteiger partial charge in [0.25, 0.3) is 0 Å². The summed E-state index contributed by atoms with van der Waals surface area (Å²) in [6, 6.07) is 19.2. The smallest absolute Gasteiger partial charge is 0.229 e. The second-order valence-electron chi connectivity index (χ2n) is 8.43. The SMILES string of the molecule is O=C1N(Cc2ccc(P)cc2)CCC12CCN(CCCc1ccccc1)CC2. The van der Waals surface area contributed by atoms with E-state index in [0.29, 0.717) is 5.91 Å². The monoisotopic (exact) mass is 394 g/mol. The molecule has 2 saturated heterocycles. The van der Waals surface area contributed by atoms with Crippen LogP contribution in [0.25, 0.3) is 0 Å². The quantitative estimate of drug-likeness (QED) is 0.699. The van der Waals surface area contributed by atoms with Gasteiger partial charge in [0, 0.05) is 13.1 Å². The second kappa shape index (κ2) is 8.76. The molecule has 3 nitrogen and oxygen atoms in total. The summed E-state index contributed by atoms with van der Waals surface area (Å²) in [6.07, 6.45) is 5.43. The van der Waals surface area contributed by atoms with Gasteiger partial charge in [0.2, 0.25) is 5.91 Å². The molecule has 0 aliphatic carbocycles. The first kappa shape index (κ1) is 19.6. The summed E-state index contributed by atoms with van der Waals surface area (Å²) in [5.74, 6) is 0.395. The van der Waals surface area contributed by atoms with Crippen molar-refractivity contribution in [3.8, 4) is 0 Å². The van der Waals surface area contributed by atoms with Crippen LogP contribution in [-0.4, -0.2) is 41.9 Å². The Morgan fingerprint density at radius 1 is 0.857 bits per heavy atom. The maximum atomic E-state index is 13.2. The lowest BCUT2D eigenvalue weighted by atomic mass is 9.77. The predicted molar refractivity (Wildman–Crippen MR) is 119 cm³/mol. The third-order valence-corrected chi connectivity index (χ3v) is 6.94. The van der Waals surface area contributed by atoms with Crippen LogP contribution in [0.15, 0.2) is 54.6 Å². The van der Waals surface area contributed by atoms with Crippen LogP contribution in [0.4, 0.5) is 0 Å². The minimum Gasteiger partial charge on any atom is -0.338 e. The Morgan fingerprint density at radius 2 is 1.54 bits per heavy atom. The summed E-state index contributed by atoms with van der Waals surface area (Å²) in [6.45, 7) is 4.94. The molecular weight excluding hydrogens is 363 g/mol. The molecule has 0 N–H and O–H groups in total. The van der Waals surface area contributed by atoms with E-state index in [1.165, 1.54) is 22.9 Å². The molecule has 2 aliphatic heterocycles. The molecule has 1 atom stereocenters. The van der Waals surface area contributed by atoms with Gasteiger partial charge in [-0.05, 0) is 68.2 Å². The summed E-state index contributed by atoms with van der Waals surface area (Å²) in [7, 11) is 2.72. The third-order valence-electron chi connectivity index (χ3n) is 6.55. The van der Waals surface area contributed by atoms with Gasteiger partial charge in [-0.15, -0.1) is 9.24 Å². The fourth-order valence-electron chi connectivity index (χ4n) is 4.71. The van der Waals surface area contributed by atoms with Gasteiger partial charge in [-0.1, -0.05) is 54.6 Å². The van der Waals surface area contributed by atoms with Crippen LogP contribution in [0.2, 0.25) is 0 Å². The Bertz CT molecular complexity index is 782. The Hall–Kier alpha value is -1.70. The number of piperidine rings is 1. The summed E-state index contributed by atoms with van der Waals surface area (Å²) in [5.41, 5.74) is 2.57. The normalized spacial score (nSPS) is 19.5. The molecule has 28 heavy (non-hydrogen) atoms. The van der Waals surface area contributed by atoms with Crippen molar-refractivity contribution in [3.05, 3.63) is 65.7 Å². The summed E-state index contributed by atoms with van der Waals surface area (Å²) in [5, 5.41) is 1.19. The van der Waals surface area contributed by atoms with Gasteiger partial charge in [0.1, 0.15) is 0 Å². The highest BCUT2D eigenvalue weighted by Gasteiger charge is 2.47. The molecule has 0 bridgehead atoms. The third kappa shape index (κ3) is 4.47. The fourth-order valence-corrected chi connectivity index (χ4v) is 4.90. The largest absolute Gasteiger partial charge is 0.338 e. The van der Waals surface area contributed by atoms with E-state index in [1.54, 1.807) is 0 Å². The molecule has 4 rings (SSSR count). The Kier molecular flexibility index (Phi) is 6.13. The van der Waals surface area contributed by atoms with Crippen molar-refractivity contribution < 1.29 is 4.79 Å². The lowest BCUT2D eigenvalue weighted by Gasteiger charge is -2.38. The van der Waals surface area contributed by atoms with Crippen molar-refractivity contribution in [3.63, 3.8) is 0 Å². The predicted octanol–water partition coefficient (Wildman–Crippen LogP) is 3.63. The van der Waals surface area contributed by atoms with Crippen LogP contribution in [0.1, 0.15) is 36.8 Å². The van der Waals surface area contributed by atoms with Gasteiger partial charge in [0.05, 0.1) is 5.41 Å². The molecule has 1 unspecified atom stereocenters. The molecule has 0 aromatic heterocycles. The first-order valence-corrected chi connectivity index (χ1v) is 11.1. The highest BCUT2D eigenvalue weighted by molar-refractivity contribution is 7.27. The number of nitrogens with zero attached hydrogens (tertiary/aromatic N) is 2. The number of aryl methyl sites for hydroxylation is 1. The van der Waals surface area contributed by atoms with E-state index in [1.807, 2.05) is 0 Å². The first-order valence-electron chi connectivity index (χ1n) is 10.5. The zero-order valence-electron chi connectivity index (χ0n) is 16.6. The van der Waals surface area contributed by atoms with Gasteiger partial charge < -0.3 is 9.80 Å². The van der Waals surface area contributed by atoms with E-state index in [4.69, 9.17) is 0 Å². The van der Waals surface area contributed by atoms with Crippen LogP contribution in [0.5, 0.6) is 0 Å². The van der Waals surface area contributed by atoms with E-state index >= 15 is 0 Å². The average molecular weight is 394 g/mol. The second-order valence-corrected chi connectivity index (χ2v) is 9.10. The standard InChI is InChI=1S/C24H31N2OP/c27-23-24(14-18-26(23)19-21-8-10-22(28)11-9-21)12-16-25(17-13-24)15-4-7-20-5-2-1-3-6-20/h1-3,5-6,8-11H,4,7,12-19,28H2. The number of likely N-dealkylation sites (tertiary alicyclic amines) is 2. The molecule has 1 amide bonds. The van der Waals surface area contributed by atoms with E-state index in [0.717, 1.165) is 58.4 Å². The highest BCUT2D eigenvalue weighted by Crippen LogP contribution is 2.42. The van der Waals surface area contributed by atoms with Crippen molar-refractivity contribution in [2.45, 2.75) is 38.6 Å². The Morgan fingerprint density at radius 3 is 2.25 bits per heavy atom. The topological polar surface area (TPSA) is 23.6 Å². The first-order chi connectivity index (χ1) is 13.6. The average Bonchev–Trinajstić information content (AvgIpc) is 3.02. The zero-order chi connectivity index (χ0) is 19.4. The van der Waals surface area contributed by atoms with E-state index < -0.39 is 0 Å². The summed E-state index contributed by atoms with van der Waals surface area (Å²) in [4.78, 5) is 17.8. The zero-order valence-corrected chi connectivity index (χ0v) is 17.8. The molecular formula is C24H31N2OP. The van der Waals surface area contributed by atoms with Crippen LogP contribution < -0.4 is 5.30 Å². The number of amides is 1. The van der Waals surface area contributed by atoms with Crippen LogP contribution in [0, 0.1) is 5.41 Å². The number of carbonyl (C=O) groups excluding carboxylic acids is 1. The minimum atomic E-state index is -0.0868. The molecule has 4 heteroatoms. The molecule has 2 aromatic rings. The van der Waals surface area contributed by atoms with Gasteiger partial charge in [-0.2, -0.15) is 0 Å². The molecule has 2 heterocycles. The number of carbonyl (C=O) groups is 1. The number of hydrogen-bond donors (Lipinski definition) is 0. The maximum absolute atomic E-state index is 13.2. The Balaban J connectivity index is 1.25. The fraction of sp³-hybridized carbons (Fsp3) is 0.458. The highest BCUT2D eigenvalue weighted by atomic mass is 31.0. The Labute approximate surface area is 171 Å². The lowest BCUT2D eigenvalue weighted by Crippen LogP contribution is -2.44. The van der Waals surface area contributed by atoms with Crippen molar-refractivity contribution >= 4 is 20.5 Å². The molecule has 1 spiro atoms. The molecule has 0 radical (unpaired) electrons. The van der Waals surface area contributed by atoms with Crippen molar-refractivity contribution in [1.29, 1.82) is 0 Å². The van der Waals surface area contributed by atoms with Crippen molar-refractivity contribution in [1.82, 2.24) is 9.80 Å². The molecule has 2 fully saturated rings. The van der Waals surface area contributed by atoms with Gasteiger partial charge >= 0.3 is 0 Å².